The molecule has 0 aromatic heterocycles. The van der Waals surface area contributed by atoms with Crippen LogP contribution in [0, 0.1) is 23.7 Å². The van der Waals surface area contributed by atoms with Crippen molar-refractivity contribution in [3.8, 4) is 0 Å². The Balaban J connectivity index is 1.16. The van der Waals surface area contributed by atoms with Crippen LogP contribution in [-0.4, -0.2) is 86.3 Å². The van der Waals surface area contributed by atoms with Crippen LogP contribution in [0.15, 0.2) is 12.2 Å². The number of amides is 2. The van der Waals surface area contributed by atoms with Crippen molar-refractivity contribution in [1.29, 1.82) is 0 Å². The number of hydrogen-bond acceptors (Lipinski definition) is 6. The van der Waals surface area contributed by atoms with Gasteiger partial charge in [0.25, 0.3) is 11.8 Å². The van der Waals surface area contributed by atoms with Gasteiger partial charge >= 0.3 is 0 Å². The van der Waals surface area contributed by atoms with E-state index in [4.69, 9.17) is 9.57 Å². The van der Waals surface area contributed by atoms with Crippen LogP contribution in [0.5, 0.6) is 0 Å². The van der Waals surface area contributed by atoms with Crippen LogP contribution >= 0.6 is 0 Å². The molecule has 2 heterocycles. The molecule has 26 heavy (non-hydrogen) atoms. The van der Waals surface area contributed by atoms with Gasteiger partial charge in [0.1, 0.15) is 0 Å². The highest BCUT2D eigenvalue weighted by Crippen LogP contribution is 2.52. The highest BCUT2D eigenvalue weighted by molar-refractivity contribution is 6.05. The Hall–Kier alpha value is -1.28. The maximum atomic E-state index is 12.5. The number of fused-ring (bicyclic) bond motifs is 5. The molecule has 2 aliphatic heterocycles. The zero-order valence-corrected chi connectivity index (χ0v) is 15.5. The van der Waals surface area contributed by atoms with E-state index in [-0.39, 0.29) is 35.5 Å². The molecule has 7 nitrogen and oxygen atoms in total. The van der Waals surface area contributed by atoms with Gasteiger partial charge in [-0.25, -0.2) is 0 Å². The molecule has 144 valence electrons. The van der Waals surface area contributed by atoms with Crippen LogP contribution in [0.25, 0.3) is 0 Å². The summed E-state index contributed by atoms with van der Waals surface area (Å²) < 4.78 is 5.13. The molecule has 0 spiro atoms. The van der Waals surface area contributed by atoms with Crippen molar-refractivity contribution < 1.29 is 19.2 Å². The van der Waals surface area contributed by atoms with Gasteiger partial charge in [-0.1, -0.05) is 12.2 Å². The van der Waals surface area contributed by atoms with E-state index >= 15 is 0 Å². The first-order valence-electron chi connectivity index (χ1n) is 9.81. The lowest BCUT2D eigenvalue weighted by atomic mass is 9.85. The SMILES string of the molecule is COCCN1CCN(CCCON2C(=O)C3C(C2=O)[C@H]2C=C[C@@H]3C2)CC1. The van der Waals surface area contributed by atoms with Gasteiger partial charge < -0.3 is 9.64 Å². The van der Waals surface area contributed by atoms with E-state index in [1.165, 1.54) is 0 Å². The first kappa shape index (κ1) is 18.1. The predicted octanol–water partition coefficient (Wildman–Crippen LogP) is 0.379. The monoisotopic (exact) mass is 363 g/mol. The summed E-state index contributed by atoms with van der Waals surface area (Å²) in [7, 11) is 1.74. The van der Waals surface area contributed by atoms with Crippen molar-refractivity contribution in [2.45, 2.75) is 12.8 Å². The third kappa shape index (κ3) is 3.33. The molecule has 0 radical (unpaired) electrons. The number of carbonyl (C=O) groups is 2. The van der Waals surface area contributed by atoms with Gasteiger partial charge in [-0.15, -0.1) is 0 Å². The lowest BCUT2D eigenvalue weighted by Crippen LogP contribution is -2.47. The topological polar surface area (TPSA) is 62.3 Å². The first-order chi connectivity index (χ1) is 12.7. The summed E-state index contributed by atoms with van der Waals surface area (Å²) in [6.45, 7) is 7.35. The predicted molar refractivity (Wildman–Crippen MR) is 94.9 cm³/mol. The van der Waals surface area contributed by atoms with Gasteiger partial charge in [-0.2, -0.15) is 5.06 Å². The van der Waals surface area contributed by atoms with Gasteiger partial charge in [0.05, 0.1) is 25.0 Å². The minimum absolute atomic E-state index is 0.122. The molecule has 2 saturated heterocycles. The van der Waals surface area contributed by atoms with Crippen LogP contribution < -0.4 is 0 Å². The fourth-order valence-electron chi connectivity index (χ4n) is 4.90. The maximum absolute atomic E-state index is 12.5. The molecular weight excluding hydrogens is 334 g/mol. The molecule has 4 rings (SSSR count). The summed E-state index contributed by atoms with van der Waals surface area (Å²) in [6.07, 6.45) is 5.99. The minimum atomic E-state index is -0.169. The zero-order valence-electron chi connectivity index (χ0n) is 15.5. The number of methoxy groups -OCH3 is 1. The number of hydroxylamine groups is 2. The summed E-state index contributed by atoms with van der Waals surface area (Å²) in [4.78, 5) is 35.5. The largest absolute Gasteiger partial charge is 0.383 e. The van der Waals surface area contributed by atoms with E-state index in [1.807, 2.05) is 0 Å². The third-order valence-electron chi connectivity index (χ3n) is 6.35. The maximum Gasteiger partial charge on any atom is 0.258 e. The Kier molecular flexibility index (Phi) is 5.40. The normalized spacial score (nSPS) is 34.3. The fourth-order valence-corrected chi connectivity index (χ4v) is 4.90. The second-order valence-electron chi connectivity index (χ2n) is 7.83. The summed E-state index contributed by atoms with van der Waals surface area (Å²) >= 11 is 0. The number of piperazine rings is 1. The van der Waals surface area contributed by atoms with Crippen molar-refractivity contribution in [3.05, 3.63) is 12.2 Å². The van der Waals surface area contributed by atoms with E-state index in [9.17, 15) is 9.59 Å². The van der Waals surface area contributed by atoms with E-state index in [0.717, 1.165) is 63.8 Å². The van der Waals surface area contributed by atoms with Crippen molar-refractivity contribution >= 4 is 11.8 Å². The Bertz CT molecular complexity index is 543. The Labute approximate surface area is 154 Å². The molecule has 2 aliphatic carbocycles. The second-order valence-corrected chi connectivity index (χ2v) is 7.83. The molecule has 4 aliphatic rings. The average molecular weight is 363 g/mol. The molecule has 7 heteroatoms. The lowest BCUT2D eigenvalue weighted by molar-refractivity contribution is -0.190. The van der Waals surface area contributed by atoms with E-state index in [2.05, 4.69) is 22.0 Å². The fraction of sp³-hybridized carbons (Fsp3) is 0.789. The van der Waals surface area contributed by atoms with Crippen molar-refractivity contribution in [1.82, 2.24) is 14.9 Å². The van der Waals surface area contributed by atoms with E-state index in [1.54, 1.807) is 7.11 Å². The van der Waals surface area contributed by atoms with E-state index < -0.39 is 0 Å². The first-order valence-corrected chi connectivity index (χ1v) is 9.81. The summed E-state index contributed by atoms with van der Waals surface area (Å²) in [5, 5.41) is 1.07. The second kappa shape index (κ2) is 7.76. The number of rotatable bonds is 8. The minimum Gasteiger partial charge on any atom is -0.383 e. The summed E-state index contributed by atoms with van der Waals surface area (Å²) in [6, 6.07) is 0. The third-order valence-corrected chi connectivity index (χ3v) is 6.35. The molecule has 2 amide bonds. The summed E-state index contributed by atoms with van der Waals surface area (Å²) in [5.41, 5.74) is 0. The molecule has 0 aromatic carbocycles. The Morgan fingerprint density at radius 3 is 2.08 bits per heavy atom. The van der Waals surface area contributed by atoms with Gasteiger partial charge in [-0.05, 0) is 24.7 Å². The van der Waals surface area contributed by atoms with Gasteiger partial charge in [-0.3, -0.25) is 19.3 Å². The van der Waals surface area contributed by atoms with Crippen molar-refractivity contribution in [2.75, 3.05) is 59.6 Å². The highest BCUT2D eigenvalue weighted by atomic mass is 16.7. The Morgan fingerprint density at radius 1 is 0.923 bits per heavy atom. The average Bonchev–Trinajstić information content (AvgIpc) is 3.33. The zero-order chi connectivity index (χ0) is 18.1. The number of hydrogen-bond donors (Lipinski definition) is 0. The molecule has 2 unspecified atom stereocenters. The quantitative estimate of drug-likeness (QED) is 0.353. The molecule has 1 saturated carbocycles. The van der Waals surface area contributed by atoms with Gasteiger partial charge in [0, 0.05) is 46.4 Å². The number of imide groups is 1. The number of ether oxygens (including phenoxy) is 1. The van der Waals surface area contributed by atoms with Gasteiger partial charge in [0.15, 0.2) is 0 Å². The van der Waals surface area contributed by atoms with Crippen LogP contribution in [-0.2, 0) is 19.2 Å². The van der Waals surface area contributed by atoms with Crippen LogP contribution in [0.4, 0.5) is 0 Å². The molecule has 4 atom stereocenters. The molecule has 0 aromatic rings. The number of nitrogens with zero attached hydrogens (tertiary/aromatic N) is 3. The Morgan fingerprint density at radius 2 is 1.50 bits per heavy atom. The van der Waals surface area contributed by atoms with Crippen LogP contribution in [0.3, 0.4) is 0 Å². The van der Waals surface area contributed by atoms with Crippen molar-refractivity contribution in [2.24, 2.45) is 23.7 Å². The van der Waals surface area contributed by atoms with Gasteiger partial charge in [0.2, 0.25) is 0 Å². The van der Waals surface area contributed by atoms with Crippen LogP contribution in [0.1, 0.15) is 12.8 Å². The molecular formula is C19H29N3O4. The standard InChI is InChI=1S/C19H29N3O4/c1-25-12-10-21-8-6-20(7-9-21)5-2-11-26-22-18(23)16-14-3-4-15(13-14)17(16)19(22)24/h3-4,14-17H,2,5-13H2,1H3/t14-,15+,16?,17?. The van der Waals surface area contributed by atoms with E-state index in [0.29, 0.717) is 6.61 Å². The molecule has 0 N–H and O–H groups in total. The van der Waals surface area contributed by atoms with Crippen LogP contribution in [0.2, 0.25) is 0 Å². The van der Waals surface area contributed by atoms with Crippen molar-refractivity contribution in [3.63, 3.8) is 0 Å². The number of allylic oxidation sites excluding steroid dienone is 2. The molecule has 2 bridgehead atoms. The highest BCUT2D eigenvalue weighted by Gasteiger charge is 2.60. The lowest BCUT2D eigenvalue weighted by Gasteiger charge is -2.34. The smallest absolute Gasteiger partial charge is 0.258 e. The number of carbonyl (C=O) groups excluding carboxylic acids is 2. The molecule has 3 fully saturated rings. The summed E-state index contributed by atoms with van der Waals surface area (Å²) in [5.74, 6) is -0.100.